The van der Waals surface area contributed by atoms with Crippen LogP contribution in [0, 0.1) is 0 Å². The molecule has 1 aromatic rings. The predicted molar refractivity (Wildman–Crippen MR) is 79.1 cm³/mol. The van der Waals surface area contributed by atoms with Gasteiger partial charge in [-0.3, -0.25) is 0 Å². The Morgan fingerprint density at radius 1 is 1.37 bits per heavy atom. The van der Waals surface area contributed by atoms with Crippen molar-refractivity contribution in [3.8, 4) is 0 Å². The van der Waals surface area contributed by atoms with Gasteiger partial charge in [0, 0.05) is 44.0 Å². The zero-order valence-corrected chi connectivity index (χ0v) is 12.2. The number of anilines is 2. The van der Waals surface area contributed by atoms with E-state index in [0.29, 0.717) is 11.0 Å². The summed E-state index contributed by atoms with van der Waals surface area (Å²) in [6.07, 6.45) is 0. The number of rotatable bonds is 4. The van der Waals surface area contributed by atoms with Gasteiger partial charge in [0.2, 0.25) is 0 Å². The molecule has 2 N–H and O–H groups in total. The molecule has 106 valence electrons. The van der Waals surface area contributed by atoms with Crippen LogP contribution in [0.4, 0.5) is 11.5 Å². The van der Waals surface area contributed by atoms with Gasteiger partial charge in [0.15, 0.2) is 0 Å². The molecule has 2 rings (SSSR count). The number of likely N-dealkylation sites (N-methyl/N-ethyl adjacent to an activating group) is 1. The van der Waals surface area contributed by atoms with Crippen LogP contribution < -0.4 is 10.2 Å². The van der Waals surface area contributed by atoms with Crippen molar-refractivity contribution >= 4 is 23.1 Å². The third kappa shape index (κ3) is 3.96. The maximum absolute atomic E-state index is 9.07. The minimum absolute atomic E-state index is 0.0358. The zero-order valence-electron chi connectivity index (χ0n) is 11.4. The minimum Gasteiger partial charge on any atom is -0.394 e. The smallest absolute Gasteiger partial charge is 0.133 e. The highest BCUT2D eigenvalue weighted by Gasteiger charge is 2.16. The lowest BCUT2D eigenvalue weighted by Crippen LogP contribution is -2.44. The molecule has 2 heterocycles. The second-order valence-electron chi connectivity index (χ2n) is 5.05. The Morgan fingerprint density at radius 3 is 2.68 bits per heavy atom. The lowest BCUT2D eigenvalue weighted by molar-refractivity contribution is 0.281. The van der Waals surface area contributed by atoms with Gasteiger partial charge in [0.05, 0.1) is 6.61 Å². The Labute approximate surface area is 119 Å². The number of aromatic nitrogens is 1. The van der Waals surface area contributed by atoms with E-state index in [-0.39, 0.29) is 12.6 Å². The van der Waals surface area contributed by atoms with Crippen LogP contribution >= 0.6 is 11.6 Å². The van der Waals surface area contributed by atoms with Crippen molar-refractivity contribution < 1.29 is 5.11 Å². The fourth-order valence-corrected chi connectivity index (χ4v) is 2.31. The van der Waals surface area contributed by atoms with Crippen LogP contribution in [0.1, 0.15) is 6.92 Å². The zero-order chi connectivity index (χ0) is 13.8. The first-order chi connectivity index (χ1) is 9.08. The Kier molecular flexibility index (Phi) is 4.85. The van der Waals surface area contributed by atoms with Gasteiger partial charge in [0.1, 0.15) is 11.0 Å². The molecule has 0 amide bonds. The summed E-state index contributed by atoms with van der Waals surface area (Å²) in [6, 6.07) is 3.84. The van der Waals surface area contributed by atoms with E-state index in [9.17, 15) is 0 Å². The number of aliphatic hydroxyl groups is 1. The molecule has 1 saturated heterocycles. The lowest BCUT2D eigenvalue weighted by atomic mass is 10.2. The number of piperazine rings is 1. The Bertz CT molecular complexity index is 421. The van der Waals surface area contributed by atoms with Crippen molar-refractivity contribution in [1.29, 1.82) is 0 Å². The Hall–Kier alpha value is -1.04. The number of nitrogens with one attached hydrogen (secondary N) is 1. The average Bonchev–Trinajstić information content (AvgIpc) is 2.38. The molecule has 1 aliphatic rings. The largest absolute Gasteiger partial charge is 0.394 e. The molecule has 1 fully saturated rings. The summed E-state index contributed by atoms with van der Waals surface area (Å²) < 4.78 is 0. The second kappa shape index (κ2) is 6.41. The molecule has 1 aliphatic heterocycles. The molecule has 0 spiro atoms. The highest BCUT2D eigenvalue weighted by atomic mass is 35.5. The van der Waals surface area contributed by atoms with Crippen molar-refractivity contribution in [2.75, 3.05) is 50.1 Å². The minimum atomic E-state index is -0.0358. The van der Waals surface area contributed by atoms with Crippen molar-refractivity contribution in [3.05, 3.63) is 17.3 Å². The summed E-state index contributed by atoms with van der Waals surface area (Å²) in [5, 5.41) is 12.7. The van der Waals surface area contributed by atoms with Crippen LogP contribution in [0.25, 0.3) is 0 Å². The van der Waals surface area contributed by atoms with Gasteiger partial charge in [-0.05, 0) is 20.0 Å². The monoisotopic (exact) mass is 284 g/mol. The Morgan fingerprint density at radius 2 is 2.05 bits per heavy atom. The van der Waals surface area contributed by atoms with Gasteiger partial charge in [-0.1, -0.05) is 11.6 Å². The van der Waals surface area contributed by atoms with Crippen LogP contribution in [0.3, 0.4) is 0 Å². The molecular weight excluding hydrogens is 264 g/mol. The molecule has 1 aromatic heterocycles. The van der Waals surface area contributed by atoms with Gasteiger partial charge in [0.25, 0.3) is 0 Å². The normalized spacial score (nSPS) is 18.4. The maximum atomic E-state index is 9.07. The van der Waals surface area contributed by atoms with Crippen LogP contribution in [-0.2, 0) is 0 Å². The van der Waals surface area contributed by atoms with Gasteiger partial charge >= 0.3 is 0 Å². The highest BCUT2D eigenvalue weighted by Crippen LogP contribution is 2.23. The molecular formula is C13H21ClN4O. The molecule has 0 aliphatic carbocycles. The van der Waals surface area contributed by atoms with Crippen molar-refractivity contribution in [2.24, 2.45) is 0 Å². The van der Waals surface area contributed by atoms with E-state index >= 15 is 0 Å². The van der Waals surface area contributed by atoms with E-state index in [0.717, 1.165) is 31.9 Å². The molecule has 0 radical (unpaired) electrons. The van der Waals surface area contributed by atoms with Crippen LogP contribution in [0.15, 0.2) is 12.1 Å². The van der Waals surface area contributed by atoms with Gasteiger partial charge in [-0.25, -0.2) is 4.98 Å². The molecule has 5 nitrogen and oxygen atoms in total. The summed E-state index contributed by atoms with van der Waals surface area (Å²) in [7, 11) is 2.13. The summed E-state index contributed by atoms with van der Waals surface area (Å²) in [5.74, 6) is 0.711. The van der Waals surface area contributed by atoms with E-state index in [4.69, 9.17) is 16.7 Å². The van der Waals surface area contributed by atoms with E-state index < -0.39 is 0 Å². The molecule has 0 bridgehead atoms. The number of nitrogens with zero attached hydrogens (tertiary/aromatic N) is 3. The summed E-state index contributed by atoms with van der Waals surface area (Å²) in [6.45, 7) is 6.05. The number of hydrogen-bond acceptors (Lipinski definition) is 5. The third-order valence-corrected chi connectivity index (χ3v) is 3.51. The van der Waals surface area contributed by atoms with E-state index in [1.54, 1.807) is 0 Å². The van der Waals surface area contributed by atoms with Crippen LogP contribution in [0.2, 0.25) is 5.15 Å². The average molecular weight is 285 g/mol. The predicted octanol–water partition coefficient (Wildman–Crippen LogP) is 1.28. The lowest BCUT2D eigenvalue weighted by Gasteiger charge is -2.34. The first-order valence-corrected chi connectivity index (χ1v) is 6.95. The molecule has 0 unspecified atom stereocenters. The van der Waals surface area contributed by atoms with Gasteiger partial charge < -0.3 is 20.2 Å². The first-order valence-electron chi connectivity index (χ1n) is 6.57. The first kappa shape index (κ1) is 14.4. The summed E-state index contributed by atoms with van der Waals surface area (Å²) >= 11 is 6.07. The van der Waals surface area contributed by atoms with Gasteiger partial charge in [-0.2, -0.15) is 0 Å². The summed E-state index contributed by atoms with van der Waals surface area (Å²) in [5.41, 5.74) is 1.08. The van der Waals surface area contributed by atoms with E-state index in [1.165, 1.54) is 0 Å². The SMILES string of the molecule is C[C@@H](CO)Nc1cc(N2CCN(C)CC2)cc(Cl)n1. The molecule has 19 heavy (non-hydrogen) atoms. The summed E-state index contributed by atoms with van der Waals surface area (Å²) in [4.78, 5) is 8.86. The quantitative estimate of drug-likeness (QED) is 0.816. The molecule has 1 atom stereocenters. The number of pyridine rings is 1. The second-order valence-corrected chi connectivity index (χ2v) is 5.44. The van der Waals surface area contributed by atoms with Crippen molar-refractivity contribution in [1.82, 2.24) is 9.88 Å². The maximum Gasteiger partial charge on any atom is 0.133 e. The number of hydrogen-bond donors (Lipinski definition) is 2. The number of halogens is 1. The molecule has 0 aromatic carbocycles. The van der Waals surface area contributed by atoms with Crippen LogP contribution in [0.5, 0.6) is 0 Å². The van der Waals surface area contributed by atoms with Crippen LogP contribution in [-0.4, -0.2) is 60.9 Å². The van der Waals surface area contributed by atoms with E-state index in [2.05, 4.69) is 27.1 Å². The van der Waals surface area contributed by atoms with Crippen molar-refractivity contribution in [3.63, 3.8) is 0 Å². The fourth-order valence-electron chi connectivity index (χ4n) is 2.10. The molecule has 6 heteroatoms. The topological polar surface area (TPSA) is 51.6 Å². The molecule has 0 saturated carbocycles. The standard InChI is InChI=1S/C13H21ClN4O/c1-10(9-19)15-13-8-11(7-12(14)16-13)18-5-3-17(2)4-6-18/h7-8,10,19H,3-6,9H2,1-2H3,(H,15,16)/t10-/m0/s1. The highest BCUT2D eigenvalue weighted by molar-refractivity contribution is 6.29. The Balaban J connectivity index is 2.12. The number of aliphatic hydroxyl groups excluding tert-OH is 1. The van der Waals surface area contributed by atoms with Crippen molar-refractivity contribution in [2.45, 2.75) is 13.0 Å². The van der Waals surface area contributed by atoms with Gasteiger partial charge in [-0.15, -0.1) is 0 Å². The fraction of sp³-hybridized carbons (Fsp3) is 0.615. The third-order valence-electron chi connectivity index (χ3n) is 3.32. The van der Waals surface area contributed by atoms with E-state index in [1.807, 2.05) is 19.1 Å².